The number of benzene rings is 2. The van der Waals surface area contributed by atoms with Crippen molar-refractivity contribution in [3.63, 3.8) is 0 Å². The number of rotatable bonds is 3. The summed E-state index contributed by atoms with van der Waals surface area (Å²) in [5, 5.41) is 0. The molecule has 3 heteroatoms. The predicted molar refractivity (Wildman–Crippen MR) is 87.1 cm³/mol. The van der Waals surface area contributed by atoms with E-state index >= 15 is 0 Å². The van der Waals surface area contributed by atoms with Crippen molar-refractivity contribution in [1.29, 1.82) is 0 Å². The molecule has 1 atom stereocenters. The average molecular weight is 279 g/mol. The molecule has 108 valence electrons. The smallest absolute Gasteiger partial charge is 0.192 e. The van der Waals surface area contributed by atoms with Crippen LogP contribution in [-0.2, 0) is 6.54 Å². The lowest BCUT2D eigenvalue weighted by Gasteiger charge is -2.28. The lowest BCUT2D eigenvalue weighted by atomic mass is 9.96. The molecule has 1 unspecified atom stereocenters. The molecule has 1 aliphatic heterocycles. The van der Waals surface area contributed by atoms with E-state index in [-0.39, 0.29) is 6.04 Å². The quantitative estimate of drug-likeness (QED) is 0.937. The summed E-state index contributed by atoms with van der Waals surface area (Å²) in [4.78, 5) is 6.67. The fourth-order valence-electron chi connectivity index (χ4n) is 2.90. The predicted octanol–water partition coefficient (Wildman–Crippen LogP) is 3.18. The Labute approximate surface area is 126 Å². The van der Waals surface area contributed by atoms with Gasteiger partial charge < -0.3 is 10.6 Å². The molecule has 0 bridgehead atoms. The third-order valence-electron chi connectivity index (χ3n) is 4.30. The maximum atomic E-state index is 6.12. The second-order valence-corrected chi connectivity index (χ2v) is 5.62. The van der Waals surface area contributed by atoms with Gasteiger partial charge in [-0.3, -0.25) is 4.99 Å². The molecular weight excluding hydrogens is 258 g/mol. The number of nitrogens with two attached hydrogens (primary N) is 1. The van der Waals surface area contributed by atoms with Crippen molar-refractivity contribution in [2.75, 3.05) is 6.54 Å². The van der Waals surface area contributed by atoms with E-state index in [0.29, 0.717) is 5.96 Å². The van der Waals surface area contributed by atoms with Gasteiger partial charge in [-0.1, -0.05) is 48.5 Å². The van der Waals surface area contributed by atoms with Crippen molar-refractivity contribution in [2.24, 2.45) is 10.7 Å². The summed E-state index contributed by atoms with van der Waals surface area (Å²) in [6.45, 7) is 5.87. The minimum absolute atomic E-state index is 0.241. The van der Waals surface area contributed by atoms with E-state index in [0.717, 1.165) is 13.1 Å². The van der Waals surface area contributed by atoms with Crippen molar-refractivity contribution in [3.05, 3.63) is 70.8 Å². The molecule has 3 nitrogen and oxygen atoms in total. The first-order chi connectivity index (χ1) is 10.2. The van der Waals surface area contributed by atoms with Gasteiger partial charge >= 0.3 is 0 Å². The Kier molecular flexibility index (Phi) is 3.65. The van der Waals surface area contributed by atoms with Crippen LogP contribution in [0.2, 0.25) is 0 Å². The third kappa shape index (κ3) is 2.64. The molecule has 1 aliphatic rings. The van der Waals surface area contributed by atoms with Crippen LogP contribution in [0.25, 0.3) is 0 Å². The first kappa shape index (κ1) is 13.7. The van der Waals surface area contributed by atoms with Crippen LogP contribution in [0.15, 0.2) is 53.5 Å². The maximum Gasteiger partial charge on any atom is 0.192 e. The fourth-order valence-corrected chi connectivity index (χ4v) is 2.90. The van der Waals surface area contributed by atoms with Gasteiger partial charge in [0.15, 0.2) is 5.96 Å². The van der Waals surface area contributed by atoms with Gasteiger partial charge in [0, 0.05) is 6.54 Å². The van der Waals surface area contributed by atoms with E-state index in [1.807, 2.05) is 6.07 Å². The normalized spacial score (nSPS) is 17.9. The van der Waals surface area contributed by atoms with Crippen LogP contribution in [0.5, 0.6) is 0 Å². The number of nitrogens with zero attached hydrogens (tertiary/aromatic N) is 2. The molecule has 0 aromatic heterocycles. The topological polar surface area (TPSA) is 41.6 Å². The summed E-state index contributed by atoms with van der Waals surface area (Å²) in [7, 11) is 0. The van der Waals surface area contributed by atoms with Crippen molar-refractivity contribution in [2.45, 2.75) is 26.4 Å². The highest BCUT2D eigenvalue weighted by Crippen LogP contribution is 2.30. The molecule has 2 aromatic rings. The van der Waals surface area contributed by atoms with Crippen molar-refractivity contribution < 1.29 is 0 Å². The third-order valence-corrected chi connectivity index (χ3v) is 4.30. The second-order valence-electron chi connectivity index (χ2n) is 5.62. The van der Waals surface area contributed by atoms with E-state index in [1.54, 1.807) is 0 Å². The lowest BCUT2D eigenvalue weighted by Crippen LogP contribution is -2.35. The van der Waals surface area contributed by atoms with Crippen LogP contribution in [0.1, 0.15) is 28.3 Å². The summed E-state index contributed by atoms with van der Waals surface area (Å²) in [6.07, 6.45) is 0. The largest absolute Gasteiger partial charge is 0.370 e. The van der Waals surface area contributed by atoms with E-state index in [9.17, 15) is 0 Å². The van der Waals surface area contributed by atoms with E-state index in [2.05, 4.69) is 66.2 Å². The number of aliphatic imine (C=N–C) groups is 1. The summed E-state index contributed by atoms with van der Waals surface area (Å²) in [6, 6.07) is 17.1. The van der Waals surface area contributed by atoms with Crippen LogP contribution < -0.4 is 5.73 Å². The standard InChI is InChI=1S/C18H21N3/c1-13-7-6-10-16(14(13)2)17-11-20-18(19)21(17)12-15-8-4-3-5-9-15/h3-10,17H,11-12H2,1-2H3,(H2,19,20). The Bertz CT molecular complexity index is 661. The Morgan fingerprint density at radius 1 is 1.10 bits per heavy atom. The molecule has 0 saturated carbocycles. The van der Waals surface area contributed by atoms with Gasteiger partial charge in [0.05, 0.1) is 12.6 Å². The van der Waals surface area contributed by atoms with Gasteiger partial charge in [-0.15, -0.1) is 0 Å². The lowest BCUT2D eigenvalue weighted by molar-refractivity contribution is 0.339. The number of hydrogen-bond donors (Lipinski definition) is 1. The van der Waals surface area contributed by atoms with Gasteiger partial charge in [0.25, 0.3) is 0 Å². The van der Waals surface area contributed by atoms with Crippen LogP contribution in [0.3, 0.4) is 0 Å². The maximum absolute atomic E-state index is 6.12. The molecule has 0 aliphatic carbocycles. The minimum atomic E-state index is 0.241. The van der Waals surface area contributed by atoms with Gasteiger partial charge in [-0.05, 0) is 36.1 Å². The van der Waals surface area contributed by atoms with Crippen LogP contribution in [-0.4, -0.2) is 17.4 Å². The van der Waals surface area contributed by atoms with Crippen molar-refractivity contribution in [3.8, 4) is 0 Å². The fraction of sp³-hybridized carbons (Fsp3) is 0.278. The highest BCUT2D eigenvalue weighted by molar-refractivity contribution is 5.80. The van der Waals surface area contributed by atoms with E-state index in [1.165, 1.54) is 22.3 Å². The molecule has 21 heavy (non-hydrogen) atoms. The molecule has 1 heterocycles. The van der Waals surface area contributed by atoms with Gasteiger partial charge in [-0.25, -0.2) is 0 Å². The monoisotopic (exact) mass is 279 g/mol. The molecule has 0 amide bonds. The Balaban J connectivity index is 1.90. The highest BCUT2D eigenvalue weighted by Gasteiger charge is 2.28. The van der Waals surface area contributed by atoms with Crippen LogP contribution in [0.4, 0.5) is 0 Å². The summed E-state index contributed by atoms with van der Waals surface area (Å²) >= 11 is 0. The molecule has 2 N–H and O–H groups in total. The van der Waals surface area contributed by atoms with Gasteiger partial charge in [0.1, 0.15) is 0 Å². The number of hydrogen-bond acceptors (Lipinski definition) is 3. The van der Waals surface area contributed by atoms with Gasteiger partial charge in [-0.2, -0.15) is 0 Å². The molecule has 0 saturated heterocycles. The summed E-state index contributed by atoms with van der Waals surface area (Å²) in [5.74, 6) is 0.643. The van der Waals surface area contributed by atoms with Gasteiger partial charge in [0.2, 0.25) is 0 Å². The van der Waals surface area contributed by atoms with E-state index in [4.69, 9.17) is 5.73 Å². The zero-order chi connectivity index (χ0) is 14.8. The Morgan fingerprint density at radius 3 is 2.62 bits per heavy atom. The average Bonchev–Trinajstić information content (AvgIpc) is 2.84. The molecule has 2 aromatic carbocycles. The SMILES string of the molecule is Cc1cccc(C2CN=C(N)N2Cc2ccccc2)c1C. The Hall–Kier alpha value is -2.29. The summed E-state index contributed by atoms with van der Waals surface area (Å²) in [5.41, 5.74) is 11.4. The second kappa shape index (κ2) is 5.60. The summed E-state index contributed by atoms with van der Waals surface area (Å²) < 4.78 is 0. The first-order valence-corrected chi connectivity index (χ1v) is 7.33. The molecule has 0 fully saturated rings. The highest BCUT2D eigenvalue weighted by atomic mass is 15.3. The molecular formula is C18H21N3. The molecule has 0 spiro atoms. The van der Waals surface area contributed by atoms with Crippen molar-refractivity contribution in [1.82, 2.24) is 4.90 Å². The minimum Gasteiger partial charge on any atom is -0.370 e. The van der Waals surface area contributed by atoms with Crippen LogP contribution >= 0.6 is 0 Å². The Morgan fingerprint density at radius 2 is 1.86 bits per heavy atom. The number of aryl methyl sites for hydroxylation is 1. The number of guanidine groups is 1. The van der Waals surface area contributed by atoms with Crippen LogP contribution in [0, 0.1) is 13.8 Å². The zero-order valence-corrected chi connectivity index (χ0v) is 12.6. The van der Waals surface area contributed by atoms with E-state index < -0.39 is 0 Å². The molecule has 0 radical (unpaired) electrons. The first-order valence-electron chi connectivity index (χ1n) is 7.33. The van der Waals surface area contributed by atoms with Crippen molar-refractivity contribution >= 4 is 5.96 Å². The zero-order valence-electron chi connectivity index (χ0n) is 12.6. The molecule has 3 rings (SSSR count).